The smallest absolute Gasteiger partial charge is 0.163 e. The minimum Gasteiger partial charge on any atom is -0.490 e. The van der Waals surface area contributed by atoms with Crippen molar-refractivity contribution in [3.8, 4) is 11.5 Å². The molecule has 0 heterocycles. The van der Waals surface area contributed by atoms with E-state index in [0.717, 1.165) is 17.7 Å². The number of hydrogen-bond donors (Lipinski definition) is 1. The molecule has 158 valence electrons. The quantitative estimate of drug-likeness (QED) is 0.419. The zero-order valence-corrected chi connectivity index (χ0v) is 19.0. The van der Waals surface area contributed by atoms with Crippen molar-refractivity contribution in [2.45, 2.75) is 64.6 Å². The number of rotatable bonds is 8. The number of hydrogen-bond acceptors (Lipinski definition) is 3. The summed E-state index contributed by atoms with van der Waals surface area (Å²) in [5.74, 6) is 1.33. The number of benzene rings is 2. The Morgan fingerprint density at radius 2 is 1.59 bits per heavy atom. The minimum atomic E-state index is 0.354. The van der Waals surface area contributed by atoms with Gasteiger partial charge in [0.05, 0.1) is 16.7 Å². The van der Waals surface area contributed by atoms with E-state index in [2.05, 4.69) is 5.32 Å². The molecule has 0 aromatic heterocycles. The number of halogens is 3. The summed E-state index contributed by atoms with van der Waals surface area (Å²) in [6.45, 7) is 3.60. The molecule has 0 spiro atoms. The van der Waals surface area contributed by atoms with Gasteiger partial charge < -0.3 is 14.8 Å². The summed E-state index contributed by atoms with van der Waals surface area (Å²) >= 11 is 18.6. The lowest BCUT2D eigenvalue weighted by Gasteiger charge is -2.19. The van der Waals surface area contributed by atoms with Crippen LogP contribution in [0.5, 0.6) is 11.5 Å². The van der Waals surface area contributed by atoms with Gasteiger partial charge in [0.2, 0.25) is 0 Å². The lowest BCUT2D eigenvalue weighted by atomic mass is 10.1. The van der Waals surface area contributed by atoms with Crippen LogP contribution in [0.3, 0.4) is 0 Å². The molecule has 0 amide bonds. The molecule has 0 aliphatic heterocycles. The van der Waals surface area contributed by atoms with Crippen molar-refractivity contribution >= 4 is 34.8 Å². The molecule has 1 N–H and O–H groups in total. The second kappa shape index (κ2) is 11.3. The summed E-state index contributed by atoms with van der Waals surface area (Å²) in [6, 6.07) is 9.85. The van der Waals surface area contributed by atoms with Crippen LogP contribution in [-0.2, 0) is 13.2 Å². The molecular weight excluding hydrogens is 429 g/mol. The van der Waals surface area contributed by atoms with E-state index in [0.29, 0.717) is 45.8 Å². The molecule has 0 bridgehead atoms. The zero-order chi connectivity index (χ0) is 20.6. The highest BCUT2D eigenvalue weighted by Crippen LogP contribution is 2.35. The lowest BCUT2D eigenvalue weighted by molar-refractivity contribution is 0.269. The van der Waals surface area contributed by atoms with E-state index in [4.69, 9.17) is 44.3 Å². The molecule has 2 aromatic carbocycles. The van der Waals surface area contributed by atoms with Gasteiger partial charge in [0, 0.05) is 23.7 Å². The van der Waals surface area contributed by atoms with Gasteiger partial charge >= 0.3 is 0 Å². The Balaban J connectivity index is 1.68. The molecular formula is C23H28Cl3NO2. The van der Waals surface area contributed by atoms with Crippen molar-refractivity contribution in [2.75, 3.05) is 6.61 Å². The van der Waals surface area contributed by atoms with Gasteiger partial charge in [-0.2, -0.15) is 0 Å². The fourth-order valence-electron chi connectivity index (χ4n) is 3.62. The van der Waals surface area contributed by atoms with Gasteiger partial charge in [-0.25, -0.2) is 0 Å². The number of nitrogens with one attached hydrogen (secondary N) is 1. The van der Waals surface area contributed by atoms with E-state index < -0.39 is 0 Å². The molecule has 0 radical (unpaired) electrons. The maximum atomic E-state index is 6.57. The first kappa shape index (κ1) is 22.6. The van der Waals surface area contributed by atoms with Crippen LogP contribution < -0.4 is 14.8 Å². The Hall–Kier alpha value is -1.13. The van der Waals surface area contributed by atoms with Gasteiger partial charge in [0.1, 0.15) is 6.61 Å². The highest BCUT2D eigenvalue weighted by atomic mass is 35.5. The van der Waals surface area contributed by atoms with E-state index in [1.54, 1.807) is 12.1 Å². The molecule has 0 unspecified atom stereocenters. The van der Waals surface area contributed by atoms with Crippen LogP contribution in [0.25, 0.3) is 0 Å². The molecule has 3 rings (SSSR count). The summed E-state index contributed by atoms with van der Waals surface area (Å²) in [4.78, 5) is 0. The molecule has 29 heavy (non-hydrogen) atoms. The van der Waals surface area contributed by atoms with Crippen molar-refractivity contribution in [1.82, 2.24) is 5.32 Å². The second-order valence-corrected chi connectivity index (χ2v) is 8.65. The normalized spacial score (nSPS) is 15.2. The summed E-state index contributed by atoms with van der Waals surface area (Å²) in [5, 5.41) is 5.39. The van der Waals surface area contributed by atoms with Crippen LogP contribution in [0.15, 0.2) is 30.3 Å². The van der Waals surface area contributed by atoms with Crippen molar-refractivity contribution in [2.24, 2.45) is 0 Å². The van der Waals surface area contributed by atoms with Gasteiger partial charge in [0.15, 0.2) is 11.5 Å². The standard InChI is InChI=1S/C23H28Cl3NO2/c1-2-28-22-12-17(14-27-18-7-5-3-4-6-8-18)20(25)13-23(22)29-15-16-9-10-19(24)21(26)11-16/h9-13,18,27H,2-8,14-15H2,1H3. The Kier molecular flexibility index (Phi) is 8.80. The molecule has 1 saturated carbocycles. The van der Waals surface area contributed by atoms with E-state index in [1.165, 1.54) is 38.5 Å². The van der Waals surface area contributed by atoms with Gasteiger partial charge in [-0.3, -0.25) is 0 Å². The molecule has 2 aromatic rings. The summed E-state index contributed by atoms with van der Waals surface area (Å²) in [5.41, 5.74) is 1.96. The first-order valence-electron chi connectivity index (χ1n) is 10.3. The van der Waals surface area contributed by atoms with Crippen LogP contribution in [0.4, 0.5) is 0 Å². The average Bonchev–Trinajstić information content (AvgIpc) is 2.98. The van der Waals surface area contributed by atoms with Gasteiger partial charge in [-0.05, 0) is 49.1 Å². The number of ether oxygens (including phenoxy) is 2. The Bertz CT molecular complexity index is 805. The highest BCUT2D eigenvalue weighted by molar-refractivity contribution is 6.42. The van der Waals surface area contributed by atoms with E-state index in [9.17, 15) is 0 Å². The maximum Gasteiger partial charge on any atom is 0.163 e. The van der Waals surface area contributed by atoms with E-state index in [1.807, 2.05) is 25.1 Å². The third kappa shape index (κ3) is 6.68. The lowest BCUT2D eigenvalue weighted by Crippen LogP contribution is -2.28. The van der Waals surface area contributed by atoms with E-state index in [-0.39, 0.29) is 0 Å². The fraction of sp³-hybridized carbons (Fsp3) is 0.478. The van der Waals surface area contributed by atoms with Crippen LogP contribution >= 0.6 is 34.8 Å². The monoisotopic (exact) mass is 455 g/mol. The molecule has 0 saturated heterocycles. The summed E-state index contributed by atoms with van der Waals surface area (Å²) in [7, 11) is 0. The maximum absolute atomic E-state index is 6.57. The SMILES string of the molecule is CCOc1cc(CNC2CCCCCC2)c(Cl)cc1OCc1ccc(Cl)c(Cl)c1. The zero-order valence-electron chi connectivity index (χ0n) is 16.8. The summed E-state index contributed by atoms with van der Waals surface area (Å²) < 4.78 is 11.8. The molecule has 0 atom stereocenters. The predicted octanol–water partition coefficient (Wildman–Crippen LogP) is 7.44. The van der Waals surface area contributed by atoms with Crippen LogP contribution in [0.2, 0.25) is 15.1 Å². The first-order valence-corrected chi connectivity index (χ1v) is 11.5. The van der Waals surface area contributed by atoms with Crippen LogP contribution in [0, 0.1) is 0 Å². The third-order valence-corrected chi connectivity index (χ3v) is 6.32. The Morgan fingerprint density at radius 1 is 0.862 bits per heavy atom. The first-order chi connectivity index (χ1) is 14.1. The molecule has 3 nitrogen and oxygen atoms in total. The van der Waals surface area contributed by atoms with E-state index >= 15 is 0 Å². The minimum absolute atomic E-state index is 0.354. The average molecular weight is 457 g/mol. The molecule has 1 aliphatic carbocycles. The van der Waals surface area contributed by atoms with Crippen molar-refractivity contribution in [3.63, 3.8) is 0 Å². The second-order valence-electron chi connectivity index (χ2n) is 7.43. The topological polar surface area (TPSA) is 30.5 Å². The highest BCUT2D eigenvalue weighted by Gasteiger charge is 2.15. The summed E-state index contributed by atoms with van der Waals surface area (Å²) in [6.07, 6.45) is 7.77. The van der Waals surface area contributed by atoms with Crippen LogP contribution in [-0.4, -0.2) is 12.6 Å². The molecule has 1 aliphatic rings. The van der Waals surface area contributed by atoms with Crippen molar-refractivity contribution in [1.29, 1.82) is 0 Å². The van der Waals surface area contributed by atoms with Gasteiger partial charge in [-0.15, -0.1) is 0 Å². The fourth-order valence-corrected chi connectivity index (χ4v) is 4.16. The molecule has 1 fully saturated rings. The largest absolute Gasteiger partial charge is 0.490 e. The Morgan fingerprint density at radius 3 is 2.28 bits per heavy atom. The van der Waals surface area contributed by atoms with Crippen molar-refractivity contribution < 1.29 is 9.47 Å². The van der Waals surface area contributed by atoms with Gasteiger partial charge in [-0.1, -0.05) is 66.6 Å². The van der Waals surface area contributed by atoms with Crippen molar-refractivity contribution in [3.05, 3.63) is 56.5 Å². The molecule has 6 heteroatoms. The predicted molar refractivity (Wildman–Crippen MR) is 122 cm³/mol. The Labute approximate surface area is 188 Å². The van der Waals surface area contributed by atoms with Crippen LogP contribution in [0.1, 0.15) is 56.6 Å². The van der Waals surface area contributed by atoms with Gasteiger partial charge in [0.25, 0.3) is 0 Å². The third-order valence-electron chi connectivity index (χ3n) is 5.23.